The van der Waals surface area contributed by atoms with Crippen molar-refractivity contribution in [2.75, 3.05) is 6.61 Å². The highest BCUT2D eigenvalue weighted by atomic mass is 16.5. The Labute approximate surface area is 144 Å². The fourth-order valence-corrected chi connectivity index (χ4v) is 2.98. The molecule has 0 aliphatic heterocycles. The van der Waals surface area contributed by atoms with Crippen LogP contribution in [0.2, 0.25) is 0 Å². The summed E-state index contributed by atoms with van der Waals surface area (Å²) in [6.07, 6.45) is 8.98. The Morgan fingerprint density at radius 3 is 2.84 bits per heavy atom. The Hall–Kier alpha value is -3.15. The molecule has 0 aliphatic carbocycles. The predicted molar refractivity (Wildman–Crippen MR) is 96.2 cm³/mol. The second kappa shape index (κ2) is 6.05. The second-order valence-corrected chi connectivity index (χ2v) is 5.98. The van der Waals surface area contributed by atoms with Crippen molar-refractivity contribution in [2.24, 2.45) is 0 Å². The molecule has 6 heteroatoms. The normalized spacial score (nSPS) is 11.3. The van der Waals surface area contributed by atoms with Crippen molar-refractivity contribution in [1.29, 1.82) is 0 Å². The lowest BCUT2D eigenvalue weighted by atomic mass is 10.2. The van der Waals surface area contributed by atoms with Crippen LogP contribution in [0, 0.1) is 6.92 Å². The third-order valence-corrected chi connectivity index (χ3v) is 4.14. The summed E-state index contributed by atoms with van der Waals surface area (Å²) < 4.78 is 9.18. The third kappa shape index (κ3) is 2.76. The Bertz CT molecular complexity index is 1130. The van der Waals surface area contributed by atoms with Gasteiger partial charge in [0.25, 0.3) is 5.56 Å². The molecule has 126 valence electrons. The molecule has 25 heavy (non-hydrogen) atoms. The smallest absolute Gasteiger partial charge is 0.260 e. The van der Waals surface area contributed by atoms with E-state index in [1.54, 1.807) is 23.2 Å². The molecule has 4 aromatic rings. The zero-order valence-electron chi connectivity index (χ0n) is 14.1. The van der Waals surface area contributed by atoms with Gasteiger partial charge in [-0.05, 0) is 31.5 Å². The van der Waals surface area contributed by atoms with E-state index in [9.17, 15) is 4.79 Å². The molecule has 0 saturated carbocycles. The molecule has 4 rings (SSSR count). The average Bonchev–Trinajstić information content (AvgIpc) is 2.99. The summed E-state index contributed by atoms with van der Waals surface area (Å²) >= 11 is 0. The minimum atomic E-state index is -0.0974. The molecule has 0 atom stereocenters. The molecule has 0 aliphatic rings. The van der Waals surface area contributed by atoms with E-state index >= 15 is 0 Å². The molecule has 0 bridgehead atoms. The Morgan fingerprint density at radius 1 is 1.12 bits per heavy atom. The maximum atomic E-state index is 12.8. The molecule has 0 radical (unpaired) electrons. The van der Waals surface area contributed by atoms with Gasteiger partial charge in [-0.15, -0.1) is 0 Å². The van der Waals surface area contributed by atoms with Gasteiger partial charge in [0, 0.05) is 30.2 Å². The number of aromatic nitrogens is 4. The number of nitrogens with zero attached hydrogens (tertiary/aromatic N) is 4. The van der Waals surface area contributed by atoms with Gasteiger partial charge in [0.15, 0.2) is 0 Å². The predicted octanol–water partition coefficient (Wildman–Crippen LogP) is 2.80. The van der Waals surface area contributed by atoms with E-state index in [0.29, 0.717) is 24.3 Å². The van der Waals surface area contributed by atoms with Crippen LogP contribution in [0.3, 0.4) is 0 Å². The number of hydrogen-bond donors (Lipinski definition) is 0. The van der Waals surface area contributed by atoms with Crippen LogP contribution in [-0.4, -0.2) is 25.5 Å². The van der Waals surface area contributed by atoms with E-state index < -0.39 is 0 Å². The maximum Gasteiger partial charge on any atom is 0.260 e. The average molecular weight is 334 g/mol. The fraction of sp³-hybridized carbons (Fsp3) is 0.211. The van der Waals surface area contributed by atoms with Crippen LogP contribution in [0.5, 0.6) is 5.75 Å². The molecule has 4 aromatic heterocycles. The number of rotatable bonds is 4. The molecule has 0 unspecified atom stereocenters. The Balaban J connectivity index is 1.76. The van der Waals surface area contributed by atoms with E-state index in [0.717, 1.165) is 22.3 Å². The van der Waals surface area contributed by atoms with E-state index in [4.69, 9.17) is 4.74 Å². The molecule has 6 nitrogen and oxygen atoms in total. The van der Waals surface area contributed by atoms with Crippen LogP contribution in [0.1, 0.15) is 18.2 Å². The van der Waals surface area contributed by atoms with Crippen LogP contribution >= 0.6 is 0 Å². The van der Waals surface area contributed by atoms with Gasteiger partial charge in [0.05, 0.1) is 30.4 Å². The Morgan fingerprint density at radius 2 is 2.00 bits per heavy atom. The molecule has 0 fully saturated rings. The van der Waals surface area contributed by atoms with E-state index in [1.807, 2.05) is 48.8 Å². The first-order chi connectivity index (χ1) is 12.2. The molecule has 0 N–H and O–H groups in total. The third-order valence-electron chi connectivity index (χ3n) is 4.14. The molecule has 0 amide bonds. The van der Waals surface area contributed by atoms with E-state index in [2.05, 4.69) is 9.97 Å². The maximum absolute atomic E-state index is 12.8. The second-order valence-electron chi connectivity index (χ2n) is 5.98. The van der Waals surface area contributed by atoms with Crippen molar-refractivity contribution < 1.29 is 4.74 Å². The first-order valence-corrected chi connectivity index (χ1v) is 8.20. The molecular formula is C19H18N4O2. The van der Waals surface area contributed by atoms with Crippen molar-refractivity contribution in [2.45, 2.75) is 20.4 Å². The Kier molecular flexibility index (Phi) is 3.72. The summed E-state index contributed by atoms with van der Waals surface area (Å²) in [6, 6.07) is 5.89. The number of aryl methyl sites for hydroxylation is 1. The summed E-state index contributed by atoms with van der Waals surface area (Å²) in [5.74, 6) is 0.632. The number of imidazole rings is 1. The summed E-state index contributed by atoms with van der Waals surface area (Å²) in [6.45, 7) is 4.89. The van der Waals surface area contributed by atoms with Crippen LogP contribution in [-0.2, 0) is 6.54 Å². The lowest BCUT2D eigenvalue weighted by molar-refractivity contribution is 0.343. The van der Waals surface area contributed by atoms with Gasteiger partial charge < -0.3 is 13.7 Å². The van der Waals surface area contributed by atoms with Gasteiger partial charge in [0.1, 0.15) is 11.4 Å². The minimum absolute atomic E-state index is 0.0974. The SMILES string of the molecule is CCOc1cncc2c(=O)n(Cc3cn4cc(C)ccc4n3)ccc12. The highest BCUT2D eigenvalue weighted by Gasteiger charge is 2.10. The molecule has 4 heterocycles. The van der Waals surface area contributed by atoms with Crippen LogP contribution in [0.15, 0.2) is 54.0 Å². The van der Waals surface area contributed by atoms with Crippen molar-refractivity contribution in [3.63, 3.8) is 0 Å². The zero-order valence-corrected chi connectivity index (χ0v) is 14.1. The quantitative estimate of drug-likeness (QED) is 0.576. The van der Waals surface area contributed by atoms with Gasteiger partial charge in [0.2, 0.25) is 0 Å². The standard InChI is InChI=1S/C19H18N4O2/c1-3-25-17-9-20-8-16-15(17)6-7-22(19(16)24)11-14-12-23-10-13(2)4-5-18(23)21-14/h4-10,12H,3,11H2,1-2H3. The van der Waals surface area contributed by atoms with Gasteiger partial charge in [-0.25, -0.2) is 4.98 Å². The number of hydrogen-bond acceptors (Lipinski definition) is 4. The minimum Gasteiger partial charge on any atom is -0.492 e. The number of fused-ring (bicyclic) bond motifs is 2. The lowest BCUT2D eigenvalue weighted by Crippen LogP contribution is -2.20. The number of ether oxygens (including phenoxy) is 1. The van der Waals surface area contributed by atoms with Gasteiger partial charge >= 0.3 is 0 Å². The largest absolute Gasteiger partial charge is 0.492 e. The lowest BCUT2D eigenvalue weighted by Gasteiger charge is -2.09. The van der Waals surface area contributed by atoms with Crippen molar-refractivity contribution in [3.8, 4) is 5.75 Å². The monoisotopic (exact) mass is 334 g/mol. The first kappa shape index (κ1) is 15.4. The molecule has 0 aromatic carbocycles. The van der Waals surface area contributed by atoms with Crippen molar-refractivity contribution in [3.05, 3.63) is 70.8 Å². The van der Waals surface area contributed by atoms with Crippen LogP contribution in [0.25, 0.3) is 16.4 Å². The van der Waals surface area contributed by atoms with E-state index in [-0.39, 0.29) is 5.56 Å². The van der Waals surface area contributed by atoms with Gasteiger partial charge in [-0.2, -0.15) is 0 Å². The van der Waals surface area contributed by atoms with E-state index in [1.165, 1.54) is 0 Å². The highest BCUT2D eigenvalue weighted by Crippen LogP contribution is 2.21. The van der Waals surface area contributed by atoms with Crippen molar-refractivity contribution in [1.82, 2.24) is 18.9 Å². The van der Waals surface area contributed by atoms with Crippen LogP contribution < -0.4 is 10.3 Å². The summed E-state index contributed by atoms with van der Waals surface area (Å²) in [5, 5.41) is 1.33. The van der Waals surface area contributed by atoms with Crippen molar-refractivity contribution >= 4 is 16.4 Å². The first-order valence-electron chi connectivity index (χ1n) is 8.20. The topological polar surface area (TPSA) is 61.4 Å². The number of pyridine rings is 3. The van der Waals surface area contributed by atoms with Gasteiger partial charge in [-0.1, -0.05) is 6.07 Å². The molecule has 0 spiro atoms. The molecule has 0 saturated heterocycles. The summed E-state index contributed by atoms with van der Waals surface area (Å²) in [5.41, 5.74) is 2.77. The fourth-order valence-electron chi connectivity index (χ4n) is 2.98. The highest BCUT2D eigenvalue weighted by molar-refractivity contribution is 5.86. The van der Waals surface area contributed by atoms with Crippen LogP contribution in [0.4, 0.5) is 0 Å². The van der Waals surface area contributed by atoms with Gasteiger partial charge in [-0.3, -0.25) is 9.78 Å². The molecular weight excluding hydrogens is 316 g/mol. The summed E-state index contributed by atoms with van der Waals surface area (Å²) in [7, 11) is 0. The zero-order chi connectivity index (χ0) is 17.4. The summed E-state index contributed by atoms with van der Waals surface area (Å²) in [4.78, 5) is 21.5.